The van der Waals surface area contributed by atoms with E-state index in [9.17, 15) is 26.7 Å². The fourth-order valence-corrected chi connectivity index (χ4v) is 3.45. The lowest BCUT2D eigenvalue weighted by Crippen LogP contribution is -2.20. The molecular formula is C20H16F5N3O4S. The van der Waals surface area contributed by atoms with Gasteiger partial charge in [0, 0.05) is 18.5 Å². The first-order chi connectivity index (χ1) is 15.4. The summed E-state index contributed by atoms with van der Waals surface area (Å²) in [5.41, 5.74) is -2.36. The number of aliphatic carboxylic acids is 1. The Balaban J connectivity index is 0.000000709. The molecule has 1 saturated carbocycles. The normalized spacial score (nSPS) is 13.5. The van der Waals surface area contributed by atoms with Crippen LogP contribution in [0.5, 0.6) is 5.75 Å². The molecule has 1 aliphatic rings. The number of nitrogens with one attached hydrogen (secondary N) is 1. The summed E-state index contributed by atoms with van der Waals surface area (Å²) >= 11 is 5.13. The zero-order chi connectivity index (χ0) is 24.5. The monoisotopic (exact) mass is 489 g/mol. The number of alkyl halides is 5. The quantitative estimate of drug-likeness (QED) is 0.388. The van der Waals surface area contributed by atoms with Gasteiger partial charge < -0.3 is 9.84 Å². The van der Waals surface area contributed by atoms with E-state index in [0.29, 0.717) is 12.8 Å². The Morgan fingerprint density at radius 1 is 1.30 bits per heavy atom. The molecule has 13 heteroatoms. The largest absolute Gasteiger partial charge is 0.481 e. The number of benzene rings is 1. The molecule has 0 spiro atoms. The lowest BCUT2D eigenvalue weighted by molar-refractivity contribution is -0.136. The van der Waals surface area contributed by atoms with Gasteiger partial charge in [-0.2, -0.15) is 22.0 Å². The topological polar surface area (TPSA) is 97.2 Å². The summed E-state index contributed by atoms with van der Waals surface area (Å²) in [6.07, 6.45) is -3.45. The maximum atomic E-state index is 13.8. The molecule has 2 heterocycles. The highest BCUT2D eigenvalue weighted by Crippen LogP contribution is 2.40. The Hall–Kier alpha value is -3.35. The maximum Gasteiger partial charge on any atom is 0.417 e. The van der Waals surface area contributed by atoms with Crippen LogP contribution in [-0.4, -0.2) is 32.2 Å². The van der Waals surface area contributed by atoms with Crippen molar-refractivity contribution in [1.29, 1.82) is 0 Å². The van der Waals surface area contributed by atoms with Gasteiger partial charge in [0.15, 0.2) is 4.77 Å². The van der Waals surface area contributed by atoms with Gasteiger partial charge in [0.1, 0.15) is 11.4 Å². The number of nitrogens with zero attached hydrogens (tertiary/aromatic N) is 2. The van der Waals surface area contributed by atoms with E-state index in [0.717, 1.165) is 19.1 Å². The zero-order valence-electron chi connectivity index (χ0n) is 16.8. The van der Waals surface area contributed by atoms with E-state index < -0.39 is 35.3 Å². The van der Waals surface area contributed by atoms with Gasteiger partial charge in [-0.1, -0.05) is 12.1 Å². The van der Waals surface area contributed by atoms with Gasteiger partial charge in [-0.15, -0.1) is 0 Å². The summed E-state index contributed by atoms with van der Waals surface area (Å²) in [5.74, 6) is -1.06. The molecular weight excluding hydrogens is 473 g/mol. The van der Waals surface area contributed by atoms with E-state index in [1.807, 2.05) is 0 Å². The van der Waals surface area contributed by atoms with E-state index in [1.165, 1.54) is 22.8 Å². The van der Waals surface area contributed by atoms with Crippen molar-refractivity contribution in [2.75, 3.05) is 0 Å². The van der Waals surface area contributed by atoms with Crippen molar-refractivity contribution in [3.05, 3.63) is 51.0 Å². The number of hydrogen-bond acceptors (Lipinski definition) is 5. The highest BCUT2D eigenvalue weighted by molar-refractivity contribution is 7.71. The van der Waals surface area contributed by atoms with Crippen LogP contribution in [0, 0.1) is 4.77 Å². The highest BCUT2D eigenvalue weighted by atomic mass is 32.1. The van der Waals surface area contributed by atoms with Crippen molar-refractivity contribution in [2.45, 2.75) is 38.6 Å². The molecule has 1 aliphatic carbocycles. The molecule has 0 radical (unpaired) electrons. The number of carbonyl (C=O) groups is 1. The molecule has 2 aromatic heterocycles. The molecule has 0 bridgehead atoms. The number of H-pyrrole nitrogens is 1. The molecule has 0 unspecified atom stereocenters. The summed E-state index contributed by atoms with van der Waals surface area (Å²) in [6.45, 7) is -2.00. The number of carboxylic acid groups (broad SMARTS) is 1. The third-order valence-corrected chi connectivity index (χ3v) is 4.77. The lowest BCUT2D eigenvalue weighted by atomic mass is 10.1. The molecule has 176 valence electrons. The number of carboxylic acids is 1. The number of fused-ring (bicyclic) bond motifs is 1. The van der Waals surface area contributed by atoms with Crippen molar-refractivity contribution in [3.8, 4) is 17.0 Å². The summed E-state index contributed by atoms with van der Waals surface area (Å²) in [4.78, 5) is 27.8. The number of ether oxygens (including phenoxy) is 1. The average Bonchev–Trinajstić information content (AvgIpc) is 3.50. The van der Waals surface area contributed by atoms with Crippen LogP contribution in [0.2, 0.25) is 0 Å². The SMILES string of the molecule is CC(=O)O.O=c1[nH]c(=S)n(C2CC2)c2nc(-c3cccc(OC(F)F)c3)cc(C(F)(F)F)c12. The van der Waals surface area contributed by atoms with E-state index in [4.69, 9.17) is 22.1 Å². The van der Waals surface area contributed by atoms with Crippen LogP contribution in [0.1, 0.15) is 31.4 Å². The highest BCUT2D eigenvalue weighted by Gasteiger charge is 2.37. The zero-order valence-corrected chi connectivity index (χ0v) is 17.6. The molecule has 33 heavy (non-hydrogen) atoms. The Morgan fingerprint density at radius 3 is 2.48 bits per heavy atom. The predicted molar refractivity (Wildman–Crippen MR) is 110 cm³/mol. The van der Waals surface area contributed by atoms with Crippen LogP contribution in [0.4, 0.5) is 22.0 Å². The summed E-state index contributed by atoms with van der Waals surface area (Å²) in [6, 6.07) is 5.74. The van der Waals surface area contributed by atoms with Gasteiger partial charge in [-0.05, 0) is 43.3 Å². The number of hydrogen-bond donors (Lipinski definition) is 2. The van der Waals surface area contributed by atoms with Crippen molar-refractivity contribution in [2.24, 2.45) is 0 Å². The lowest BCUT2D eigenvalue weighted by Gasteiger charge is -2.16. The minimum atomic E-state index is -4.84. The van der Waals surface area contributed by atoms with Crippen molar-refractivity contribution >= 4 is 29.2 Å². The molecule has 0 aliphatic heterocycles. The fourth-order valence-electron chi connectivity index (χ4n) is 3.12. The van der Waals surface area contributed by atoms with Gasteiger partial charge in [0.2, 0.25) is 0 Å². The first-order valence-electron chi connectivity index (χ1n) is 9.40. The smallest absolute Gasteiger partial charge is 0.417 e. The number of halogens is 5. The van der Waals surface area contributed by atoms with Crippen LogP contribution in [0.15, 0.2) is 35.1 Å². The molecule has 7 nitrogen and oxygen atoms in total. The number of aromatic nitrogens is 3. The molecule has 1 aromatic carbocycles. The molecule has 0 atom stereocenters. The second-order valence-corrected chi connectivity index (χ2v) is 7.42. The van der Waals surface area contributed by atoms with Gasteiger partial charge in [0.25, 0.3) is 11.5 Å². The first kappa shape index (κ1) is 24.3. The number of aromatic amines is 1. The second-order valence-electron chi connectivity index (χ2n) is 7.04. The summed E-state index contributed by atoms with van der Waals surface area (Å²) < 4.78 is 71.9. The number of pyridine rings is 1. The van der Waals surface area contributed by atoms with Gasteiger partial charge in [-0.3, -0.25) is 19.1 Å². The predicted octanol–water partition coefficient (Wildman–Crippen LogP) is 5.17. The molecule has 1 fully saturated rings. The maximum absolute atomic E-state index is 13.8. The van der Waals surface area contributed by atoms with Gasteiger partial charge >= 0.3 is 12.8 Å². The molecule has 4 rings (SSSR count). The van der Waals surface area contributed by atoms with Crippen molar-refractivity contribution < 1.29 is 36.6 Å². The molecule has 0 amide bonds. The molecule has 2 N–H and O–H groups in total. The van der Waals surface area contributed by atoms with Gasteiger partial charge in [-0.25, -0.2) is 4.98 Å². The third-order valence-electron chi connectivity index (χ3n) is 4.47. The van der Waals surface area contributed by atoms with Crippen LogP contribution in [0.25, 0.3) is 22.3 Å². The Morgan fingerprint density at radius 2 is 1.94 bits per heavy atom. The summed E-state index contributed by atoms with van der Waals surface area (Å²) in [5, 5.41) is 6.81. The van der Waals surface area contributed by atoms with Crippen LogP contribution in [0.3, 0.4) is 0 Å². The fraction of sp³-hybridized carbons (Fsp3) is 0.300. The van der Waals surface area contributed by atoms with Crippen molar-refractivity contribution in [3.63, 3.8) is 0 Å². The van der Waals surface area contributed by atoms with E-state index >= 15 is 0 Å². The van der Waals surface area contributed by atoms with Crippen LogP contribution < -0.4 is 10.3 Å². The Kier molecular flexibility index (Phi) is 6.81. The van der Waals surface area contributed by atoms with Gasteiger partial charge in [0.05, 0.1) is 16.6 Å². The number of rotatable bonds is 4. The molecule has 3 aromatic rings. The average molecular weight is 489 g/mol. The Labute approximate surface area is 187 Å². The standard InChI is InChI=1S/C18H12F5N3O2S.C2H4O2/c19-16(20)28-10-3-1-2-8(6-10)12-7-11(18(21,22)23)13-14(24-12)26(9-4-5-9)17(29)25-15(13)27;1-2(3)4/h1-3,6-7,9,16H,4-5H2,(H,25,27,29);1H3,(H,3,4). The molecule has 0 saturated heterocycles. The summed E-state index contributed by atoms with van der Waals surface area (Å²) in [7, 11) is 0. The minimum Gasteiger partial charge on any atom is -0.481 e. The third kappa shape index (κ3) is 5.72. The van der Waals surface area contributed by atoms with Crippen LogP contribution in [-0.2, 0) is 11.0 Å². The van der Waals surface area contributed by atoms with Crippen LogP contribution >= 0.6 is 12.2 Å². The minimum absolute atomic E-state index is 0.0161. The Bertz CT molecular complexity index is 1310. The van der Waals surface area contributed by atoms with E-state index in [-0.39, 0.29) is 33.5 Å². The van der Waals surface area contributed by atoms with Crippen molar-refractivity contribution in [1.82, 2.24) is 14.5 Å². The second kappa shape index (κ2) is 9.25. The van der Waals surface area contributed by atoms with E-state index in [1.54, 1.807) is 0 Å². The first-order valence-corrected chi connectivity index (χ1v) is 9.81. The van der Waals surface area contributed by atoms with E-state index in [2.05, 4.69) is 14.7 Å².